The zero-order chi connectivity index (χ0) is 11.9. The molecule has 1 aliphatic rings. The molecular weight excluding hydrogens is 250 g/mol. The second-order valence-electron chi connectivity index (χ2n) is 3.61. The van der Waals surface area contributed by atoms with Gasteiger partial charge in [0.25, 0.3) is 0 Å². The molecule has 1 aromatic carbocycles. The number of anilines is 2. The molecular formula is C9H12ClN3O2S. The fourth-order valence-electron chi connectivity index (χ4n) is 1.60. The average molecular weight is 262 g/mol. The van der Waals surface area contributed by atoms with Crippen LogP contribution in [0.4, 0.5) is 11.4 Å². The first kappa shape index (κ1) is 11.5. The Labute approximate surface area is 99.6 Å². The molecule has 1 fully saturated rings. The largest absolute Gasteiger partial charge is 0.399 e. The lowest BCUT2D eigenvalue weighted by Gasteiger charge is -2.19. The Bertz CT molecular complexity index is 517. The molecule has 7 heteroatoms. The minimum absolute atomic E-state index is 0.382. The molecule has 0 unspecified atom stereocenters. The summed E-state index contributed by atoms with van der Waals surface area (Å²) in [4.78, 5) is 0. The third kappa shape index (κ3) is 1.73. The summed E-state index contributed by atoms with van der Waals surface area (Å²) in [5.74, 6) is 0. The first-order chi connectivity index (χ1) is 7.43. The van der Waals surface area contributed by atoms with Crippen LogP contribution in [0.15, 0.2) is 18.2 Å². The molecule has 1 saturated heterocycles. The van der Waals surface area contributed by atoms with Crippen molar-refractivity contribution in [1.82, 2.24) is 4.31 Å². The molecule has 2 N–H and O–H groups in total. The van der Waals surface area contributed by atoms with E-state index in [2.05, 4.69) is 0 Å². The van der Waals surface area contributed by atoms with Crippen LogP contribution in [0.25, 0.3) is 0 Å². The van der Waals surface area contributed by atoms with Gasteiger partial charge in [0.1, 0.15) is 0 Å². The van der Waals surface area contributed by atoms with Crippen molar-refractivity contribution in [2.75, 3.05) is 30.2 Å². The lowest BCUT2D eigenvalue weighted by Crippen LogP contribution is -2.30. The number of benzene rings is 1. The summed E-state index contributed by atoms with van der Waals surface area (Å²) in [7, 11) is -1.89. The molecule has 0 bridgehead atoms. The highest BCUT2D eigenvalue weighted by atomic mass is 35.5. The summed E-state index contributed by atoms with van der Waals surface area (Å²) >= 11 is 5.97. The molecule has 0 atom stereocenters. The van der Waals surface area contributed by atoms with Crippen LogP contribution in [0.5, 0.6) is 0 Å². The molecule has 0 saturated carbocycles. The van der Waals surface area contributed by atoms with E-state index in [0.717, 1.165) is 0 Å². The van der Waals surface area contributed by atoms with Crippen molar-refractivity contribution in [2.45, 2.75) is 0 Å². The second-order valence-corrected chi connectivity index (χ2v) is 5.98. The number of likely N-dealkylation sites (N-methyl/N-ethyl adjacent to an activating group) is 1. The zero-order valence-electron chi connectivity index (χ0n) is 8.72. The van der Waals surface area contributed by atoms with E-state index in [9.17, 15) is 8.42 Å². The fourth-order valence-corrected chi connectivity index (χ4v) is 3.23. The van der Waals surface area contributed by atoms with Crippen molar-refractivity contribution in [3.05, 3.63) is 23.2 Å². The number of nitrogen functional groups attached to an aromatic ring is 1. The summed E-state index contributed by atoms with van der Waals surface area (Å²) in [5.41, 5.74) is 6.55. The van der Waals surface area contributed by atoms with E-state index in [1.165, 1.54) is 15.7 Å². The van der Waals surface area contributed by atoms with Crippen LogP contribution in [0.2, 0.25) is 5.02 Å². The van der Waals surface area contributed by atoms with Gasteiger partial charge in [-0.15, -0.1) is 0 Å². The number of hydrogen-bond acceptors (Lipinski definition) is 3. The predicted octanol–water partition coefficient (Wildman–Crippen LogP) is 0.919. The lowest BCUT2D eigenvalue weighted by atomic mass is 10.3. The SMILES string of the molecule is CN1CCN(c2cc(N)ccc2Cl)S1(=O)=O. The second kappa shape index (κ2) is 3.80. The van der Waals surface area contributed by atoms with Crippen LogP contribution in [0.3, 0.4) is 0 Å². The molecule has 1 heterocycles. The molecule has 0 radical (unpaired) electrons. The van der Waals surface area contributed by atoms with Gasteiger partial charge in [0.15, 0.2) is 0 Å². The van der Waals surface area contributed by atoms with Crippen LogP contribution in [-0.2, 0) is 10.2 Å². The molecule has 0 spiro atoms. The Morgan fingerprint density at radius 1 is 1.38 bits per heavy atom. The van der Waals surface area contributed by atoms with Crippen molar-refractivity contribution in [3.63, 3.8) is 0 Å². The van der Waals surface area contributed by atoms with Crippen molar-refractivity contribution in [1.29, 1.82) is 0 Å². The normalized spacial score (nSPS) is 20.2. The van der Waals surface area contributed by atoms with Crippen molar-refractivity contribution in [2.24, 2.45) is 0 Å². The maximum Gasteiger partial charge on any atom is 0.303 e. The van der Waals surface area contributed by atoms with Crippen molar-refractivity contribution >= 4 is 33.2 Å². The minimum atomic E-state index is -3.43. The maximum absolute atomic E-state index is 11.9. The molecule has 16 heavy (non-hydrogen) atoms. The molecule has 1 aliphatic heterocycles. The maximum atomic E-state index is 11.9. The van der Waals surface area contributed by atoms with Crippen molar-refractivity contribution < 1.29 is 8.42 Å². The number of halogens is 1. The monoisotopic (exact) mass is 261 g/mol. The van der Waals surface area contributed by atoms with E-state index < -0.39 is 10.2 Å². The van der Waals surface area contributed by atoms with E-state index in [1.807, 2.05) is 0 Å². The first-order valence-electron chi connectivity index (χ1n) is 4.72. The number of rotatable bonds is 1. The Hall–Kier alpha value is -0.980. The number of nitrogens with two attached hydrogens (primary N) is 1. The van der Waals surface area contributed by atoms with Crippen molar-refractivity contribution in [3.8, 4) is 0 Å². The number of nitrogens with zero attached hydrogens (tertiary/aromatic N) is 2. The van der Waals surface area contributed by atoms with Gasteiger partial charge < -0.3 is 5.73 Å². The summed E-state index contributed by atoms with van der Waals surface area (Å²) < 4.78 is 26.4. The van der Waals surface area contributed by atoms with E-state index in [-0.39, 0.29) is 0 Å². The Balaban J connectivity index is 2.50. The molecule has 88 valence electrons. The summed E-state index contributed by atoms with van der Waals surface area (Å²) in [6.07, 6.45) is 0. The van der Waals surface area contributed by atoms with Gasteiger partial charge in [-0.3, -0.25) is 4.31 Å². The predicted molar refractivity (Wildman–Crippen MR) is 64.8 cm³/mol. The van der Waals surface area contributed by atoms with Crippen LogP contribution in [-0.4, -0.2) is 32.9 Å². The lowest BCUT2D eigenvalue weighted by molar-refractivity contribution is 0.511. The fraction of sp³-hybridized carbons (Fsp3) is 0.333. The van der Waals surface area contributed by atoms with E-state index in [0.29, 0.717) is 29.5 Å². The highest BCUT2D eigenvalue weighted by Crippen LogP contribution is 2.32. The molecule has 2 rings (SSSR count). The topological polar surface area (TPSA) is 66.6 Å². The standard InChI is InChI=1S/C9H12ClN3O2S/c1-12-4-5-13(16(12,14)15)9-6-7(11)2-3-8(9)10/h2-3,6H,4-5,11H2,1H3. The van der Waals surface area contributed by atoms with Gasteiger partial charge in [0.05, 0.1) is 10.7 Å². The Morgan fingerprint density at radius 2 is 2.06 bits per heavy atom. The van der Waals surface area contributed by atoms with Gasteiger partial charge in [-0.1, -0.05) is 11.6 Å². The van der Waals surface area contributed by atoms with Gasteiger partial charge in [-0.25, -0.2) is 0 Å². The van der Waals surface area contributed by atoms with Gasteiger partial charge in [-0.2, -0.15) is 12.7 Å². The summed E-state index contributed by atoms with van der Waals surface area (Å²) in [5, 5.41) is 0.382. The smallest absolute Gasteiger partial charge is 0.303 e. The minimum Gasteiger partial charge on any atom is -0.399 e. The van der Waals surface area contributed by atoms with Crippen LogP contribution >= 0.6 is 11.6 Å². The highest BCUT2D eigenvalue weighted by molar-refractivity contribution is 7.90. The third-order valence-electron chi connectivity index (χ3n) is 2.53. The molecule has 1 aromatic rings. The van der Waals surface area contributed by atoms with Crippen LogP contribution < -0.4 is 10.0 Å². The van der Waals surface area contributed by atoms with Gasteiger partial charge in [0.2, 0.25) is 0 Å². The molecule has 5 nitrogen and oxygen atoms in total. The Kier molecular flexibility index (Phi) is 2.73. The highest BCUT2D eigenvalue weighted by Gasteiger charge is 2.34. The molecule has 0 amide bonds. The molecule has 0 aromatic heterocycles. The third-order valence-corrected chi connectivity index (χ3v) is 4.76. The van der Waals surface area contributed by atoms with Crippen LogP contribution in [0, 0.1) is 0 Å². The van der Waals surface area contributed by atoms with Crippen LogP contribution in [0.1, 0.15) is 0 Å². The van der Waals surface area contributed by atoms with Gasteiger partial charge >= 0.3 is 10.2 Å². The average Bonchev–Trinajstić information content (AvgIpc) is 2.47. The van der Waals surface area contributed by atoms with Gasteiger partial charge in [-0.05, 0) is 18.2 Å². The quantitative estimate of drug-likeness (QED) is 0.765. The van der Waals surface area contributed by atoms with E-state index in [1.54, 1.807) is 18.2 Å². The zero-order valence-corrected chi connectivity index (χ0v) is 10.3. The van der Waals surface area contributed by atoms with Gasteiger partial charge in [0, 0.05) is 25.8 Å². The summed E-state index contributed by atoms with van der Waals surface area (Å²) in [6, 6.07) is 4.80. The summed E-state index contributed by atoms with van der Waals surface area (Å²) in [6.45, 7) is 0.843. The van der Waals surface area contributed by atoms with E-state index >= 15 is 0 Å². The Morgan fingerprint density at radius 3 is 2.62 bits per heavy atom. The van der Waals surface area contributed by atoms with E-state index in [4.69, 9.17) is 17.3 Å². The molecule has 0 aliphatic carbocycles. The number of hydrogen-bond donors (Lipinski definition) is 1. The first-order valence-corrected chi connectivity index (χ1v) is 6.49.